The Morgan fingerprint density at radius 2 is 1.76 bits per heavy atom. The summed E-state index contributed by atoms with van der Waals surface area (Å²) in [6.45, 7) is 3.11. The molecule has 1 aliphatic heterocycles. The van der Waals surface area contributed by atoms with Crippen LogP contribution in [0.15, 0.2) is 42.5 Å². The summed E-state index contributed by atoms with van der Waals surface area (Å²) in [7, 11) is 0. The smallest absolute Gasteiger partial charge is 0.323 e. The highest BCUT2D eigenvalue weighted by Gasteiger charge is 2.31. The van der Waals surface area contributed by atoms with Crippen LogP contribution in [0.4, 0.5) is 16.2 Å². The third-order valence-corrected chi connectivity index (χ3v) is 7.59. The highest BCUT2D eigenvalue weighted by Crippen LogP contribution is 2.28. The zero-order valence-corrected chi connectivity index (χ0v) is 21.8. The summed E-state index contributed by atoms with van der Waals surface area (Å²) in [6, 6.07) is 12.3. The number of aliphatic carboxylic acids is 1. The average Bonchev–Trinajstić information content (AvgIpc) is 3.35. The number of amides is 3. The highest BCUT2D eigenvalue weighted by atomic mass is 35.5. The standard InChI is InChI=1S/C28H34ClN3O5/c1-18-15-19(8-13-24(18)30-28(36)31-25-7-3-2-6-23(25)29)16-26(33)32-14-4-5-21(32)17-37-22-11-9-20(10-12-22)27(34)35/h2-3,6-8,13,15,20-22H,4-5,9-12,14,16-17H2,1H3,(H,34,35)(H2,30,31,36). The molecule has 2 fully saturated rings. The maximum absolute atomic E-state index is 13.1. The lowest BCUT2D eigenvalue weighted by atomic mass is 9.87. The molecule has 198 valence electrons. The number of urea groups is 1. The molecule has 0 bridgehead atoms. The van der Waals surface area contributed by atoms with Crippen LogP contribution in [-0.2, 0) is 20.7 Å². The summed E-state index contributed by atoms with van der Waals surface area (Å²) in [5, 5.41) is 15.2. The van der Waals surface area contributed by atoms with Gasteiger partial charge in [0.15, 0.2) is 0 Å². The van der Waals surface area contributed by atoms with Crippen LogP contribution < -0.4 is 10.6 Å². The number of hydrogen-bond acceptors (Lipinski definition) is 4. The fourth-order valence-corrected chi connectivity index (χ4v) is 5.33. The Hall–Kier alpha value is -3.10. The van der Waals surface area contributed by atoms with E-state index in [1.807, 2.05) is 30.0 Å². The molecular weight excluding hydrogens is 494 g/mol. The summed E-state index contributed by atoms with van der Waals surface area (Å²) >= 11 is 6.10. The fourth-order valence-electron chi connectivity index (χ4n) is 5.15. The SMILES string of the molecule is Cc1cc(CC(=O)N2CCCC2COC2CCC(C(=O)O)CC2)ccc1NC(=O)Nc1ccccc1Cl. The van der Waals surface area contributed by atoms with Crippen molar-refractivity contribution in [2.45, 2.75) is 64.0 Å². The van der Waals surface area contributed by atoms with E-state index in [2.05, 4.69) is 10.6 Å². The number of anilines is 2. The van der Waals surface area contributed by atoms with E-state index in [0.29, 0.717) is 35.8 Å². The molecule has 3 N–H and O–H groups in total. The van der Waals surface area contributed by atoms with E-state index in [-0.39, 0.29) is 30.4 Å². The molecule has 8 nitrogen and oxygen atoms in total. The minimum absolute atomic E-state index is 0.0558. The number of hydrogen-bond donors (Lipinski definition) is 3. The van der Waals surface area contributed by atoms with Crippen LogP contribution >= 0.6 is 11.6 Å². The number of ether oxygens (including phenoxy) is 1. The van der Waals surface area contributed by atoms with Crippen LogP contribution in [0.5, 0.6) is 0 Å². The lowest BCUT2D eigenvalue weighted by Crippen LogP contribution is -2.40. The van der Waals surface area contributed by atoms with Crippen LogP contribution in [0.25, 0.3) is 0 Å². The quantitative estimate of drug-likeness (QED) is 0.421. The summed E-state index contributed by atoms with van der Waals surface area (Å²) in [5.74, 6) is -0.908. The van der Waals surface area contributed by atoms with Crippen molar-refractivity contribution in [3.63, 3.8) is 0 Å². The number of para-hydroxylation sites is 1. The molecule has 4 rings (SSSR count). The molecule has 0 aromatic heterocycles. The van der Waals surface area contributed by atoms with Gasteiger partial charge in [-0.1, -0.05) is 35.9 Å². The van der Waals surface area contributed by atoms with Crippen molar-refractivity contribution in [2.24, 2.45) is 5.92 Å². The number of carbonyl (C=O) groups excluding carboxylic acids is 2. The minimum atomic E-state index is -0.717. The van der Waals surface area contributed by atoms with E-state index in [1.54, 1.807) is 24.3 Å². The number of likely N-dealkylation sites (tertiary alicyclic amines) is 1. The lowest BCUT2D eigenvalue weighted by molar-refractivity contribution is -0.144. The van der Waals surface area contributed by atoms with E-state index in [0.717, 1.165) is 43.4 Å². The zero-order valence-electron chi connectivity index (χ0n) is 21.0. The fraction of sp³-hybridized carbons (Fsp3) is 0.464. The largest absolute Gasteiger partial charge is 0.481 e. The van der Waals surface area contributed by atoms with E-state index in [9.17, 15) is 14.4 Å². The van der Waals surface area contributed by atoms with Crippen molar-refractivity contribution in [1.82, 2.24) is 4.90 Å². The van der Waals surface area contributed by atoms with E-state index in [1.165, 1.54) is 0 Å². The number of carboxylic acid groups (broad SMARTS) is 1. The Labute approximate surface area is 222 Å². The van der Waals surface area contributed by atoms with Crippen LogP contribution in [0.1, 0.15) is 49.7 Å². The van der Waals surface area contributed by atoms with Crippen LogP contribution in [-0.4, -0.2) is 53.2 Å². The number of carbonyl (C=O) groups is 3. The number of aryl methyl sites for hydroxylation is 1. The van der Waals surface area contributed by atoms with Gasteiger partial charge in [0.1, 0.15) is 0 Å². The summed E-state index contributed by atoms with van der Waals surface area (Å²) in [5.41, 5.74) is 2.93. The third-order valence-electron chi connectivity index (χ3n) is 7.26. The first kappa shape index (κ1) is 26.9. The second kappa shape index (κ2) is 12.4. The number of halogens is 1. The number of benzene rings is 2. The first-order valence-corrected chi connectivity index (χ1v) is 13.2. The molecule has 0 spiro atoms. The van der Waals surface area contributed by atoms with Crippen LogP contribution in [0, 0.1) is 12.8 Å². The van der Waals surface area contributed by atoms with Gasteiger partial charge in [0, 0.05) is 12.2 Å². The Kier molecular flexibility index (Phi) is 9.05. The van der Waals surface area contributed by atoms with Crippen LogP contribution in [0.2, 0.25) is 5.02 Å². The molecule has 1 atom stereocenters. The summed E-state index contributed by atoms with van der Waals surface area (Å²) in [6.07, 6.45) is 5.05. The normalized spacial score (nSPS) is 21.5. The van der Waals surface area contributed by atoms with Gasteiger partial charge >= 0.3 is 12.0 Å². The predicted octanol–water partition coefficient (Wildman–Crippen LogP) is 5.49. The van der Waals surface area contributed by atoms with E-state index >= 15 is 0 Å². The van der Waals surface area contributed by atoms with E-state index < -0.39 is 12.0 Å². The van der Waals surface area contributed by atoms with E-state index in [4.69, 9.17) is 21.4 Å². The van der Waals surface area contributed by atoms with Gasteiger partial charge in [0.05, 0.1) is 41.8 Å². The van der Waals surface area contributed by atoms with Gasteiger partial charge in [-0.3, -0.25) is 9.59 Å². The van der Waals surface area contributed by atoms with Crippen LogP contribution in [0.3, 0.4) is 0 Å². The monoisotopic (exact) mass is 527 g/mol. The van der Waals surface area contributed by atoms with Gasteiger partial charge in [-0.05, 0) is 74.8 Å². The molecule has 2 aromatic rings. The Morgan fingerprint density at radius 3 is 2.46 bits per heavy atom. The van der Waals surface area contributed by atoms with Gasteiger partial charge in [-0.15, -0.1) is 0 Å². The molecular formula is C28H34ClN3O5. The Balaban J connectivity index is 1.27. The molecule has 37 heavy (non-hydrogen) atoms. The number of nitrogens with zero attached hydrogens (tertiary/aromatic N) is 1. The van der Waals surface area contributed by atoms with Crippen molar-refractivity contribution >= 4 is 40.9 Å². The summed E-state index contributed by atoms with van der Waals surface area (Å²) < 4.78 is 6.11. The molecule has 1 unspecified atom stereocenters. The Morgan fingerprint density at radius 1 is 1.03 bits per heavy atom. The predicted molar refractivity (Wildman–Crippen MR) is 143 cm³/mol. The van der Waals surface area contributed by atoms with Crippen molar-refractivity contribution in [3.05, 3.63) is 58.6 Å². The highest BCUT2D eigenvalue weighted by molar-refractivity contribution is 6.33. The molecule has 2 aromatic carbocycles. The summed E-state index contributed by atoms with van der Waals surface area (Å²) in [4.78, 5) is 38.6. The molecule has 1 saturated carbocycles. The van der Waals surface area contributed by atoms with Crippen molar-refractivity contribution in [3.8, 4) is 0 Å². The van der Waals surface area contributed by atoms with Gasteiger partial charge in [0.25, 0.3) is 0 Å². The molecule has 9 heteroatoms. The number of nitrogens with one attached hydrogen (secondary N) is 2. The zero-order chi connectivity index (χ0) is 26.4. The second-order valence-electron chi connectivity index (χ2n) is 9.91. The molecule has 1 heterocycles. The van der Waals surface area contributed by atoms with Crippen molar-refractivity contribution in [2.75, 3.05) is 23.8 Å². The Bertz CT molecular complexity index is 1130. The van der Waals surface area contributed by atoms with Gasteiger partial charge in [0.2, 0.25) is 5.91 Å². The first-order valence-electron chi connectivity index (χ1n) is 12.9. The molecule has 1 aliphatic carbocycles. The minimum Gasteiger partial charge on any atom is -0.481 e. The number of rotatable bonds is 8. The average molecular weight is 528 g/mol. The maximum Gasteiger partial charge on any atom is 0.323 e. The second-order valence-corrected chi connectivity index (χ2v) is 10.3. The number of carboxylic acids is 1. The molecule has 2 aliphatic rings. The maximum atomic E-state index is 13.1. The topological polar surface area (TPSA) is 108 Å². The van der Waals surface area contributed by atoms with Gasteiger partial charge in [-0.2, -0.15) is 0 Å². The lowest BCUT2D eigenvalue weighted by Gasteiger charge is -2.30. The van der Waals surface area contributed by atoms with Crippen molar-refractivity contribution < 1.29 is 24.2 Å². The molecule has 3 amide bonds. The molecule has 0 radical (unpaired) electrons. The molecule has 1 saturated heterocycles. The van der Waals surface area contributed by atoms with Crippen molar-refractivity contribution in [1.29, 1.82) is 0 Å². The van der Waals surface area contributed by atoms with Gasteiger partial charge < -0.3 is 25.4 Å². The first-order chi connectivity index (χ1) is 17.8. The third kappa shape index (κ3) is 7.23. The van der Waals surface area contributed by atoms with Gasteiger partial charge in [-0.25, -0.2) is 4.79 Å².